The summed E-state index contributed by atoms with van der Waals surface area (Å²) in [5.41, 5.74) is 3.51. The van der Waals surface area contributed by atoms with E-state index >= 15 is 0 Å². The molecule has 0 aliphatic heterocycles. The predicted molar refractivity (Wildman–Crippen MR) is 114 cm³/mol. The first-order chi connectivity index (χ1) is 14.6. The molecule has 6 nitrogen and oxygen atoms in total. The Morgan fingerprint density at radius 2 is 1.93 bits per heavy atom. The van der Waals surface area contributed by atoms with E-state index < -0.39 is 6.10 Å². The molecule has 1 aliphatic carbocycles. The molecule has 30 heavy (non-hydrogen) atoms. The number of nitrogens with one attached hydrogen (secondary N) is 1. The van der Waals surface area contributed by atoms with Gasteiger partial charge in [0.15, 0.2) is 6.10 Å². The standard InChI is InChI=1S/C23H24ClN3O3/c1-2-20(29-19-12-9-15-5-3-4-6-17(15)13-19)23(28)25-14-21-26-22(27-30-21)16-7-10-18(24)11-8-16/h7-13,20H,2-6,14H2,1H3,(H,25,28). The van der Waals surface area contributed by atoms with Crippen LogP contribution in [0.2, 0.25) is 5.02 Å². The zero-order chi connectivity index (χ0) is 20.9. The first kappa shape index (κ1) is 20.4. The molecule has 2 aromatic carbocycles. The predicted octanol–water partition coefficient (Wildman–Crippen LogP) is 4.74. The van der Waals surface area contributed by atoms with Gasteiger partial charge in [0.1, 0.15) is 5.75 Å². The van der Waals surface area contributed by atoms with Gasteiger partial charge < -0.3 is 14.6 Å². The van der Waals surface area contributed by atoms with E-state index in [4.69, 9.17) is 20.9 Å². The van der Waals surface area contributed by atoms with Crippen LogP contribution in [-0.4, -0.2) is 22.2 Å². The minimum atomic E-state index is -0.578. The molecule has 0 spiro atoms. The van der Waals surface area contributed by atoms with Crippen LogP contribution in [0.1, 0.15) is 43.2 Å². The van der Waals surface area contributed by atoms with Crippen molar-refractivity contribution in [1.82, 2.24) is 15.5 Å². The fraction of sp³-hybridized carbons (Fsp3) is 0.348. The lowest BCUT2D eigenvalue weighted by atomic mass is 9.92. The molecule has 1 aromatic heterocycles. The Bertz CT molecular complexity index is 1020. The minimum absolute atomic E-state index is 0.142. The van der Waals surface area contributed by atoms with Crippen molar-refractivity contribution in [2.45, 2.75) is 51.7 Å². The Morgan fingerprint density at radius 3 is 2.70 bits per heavy atom. The third kappa shape index (κ3) is 4.82. The minimum Gasteiger partial charge on any atom is -0.481 e. The Morgan fingerprint density at radius 1 is 1.17 bits per heavy atom. The summed E-state index contributed by atoms with van der Waals surface area (Å²) in [6.07, 6.45) is 4.62. The number of ether oxygens (including phenoxy) is 1. The van der Waals surface area contributed by atoms with Gasteiger partial charge in [0.05, 0.1) is 6.54 Å². The number of hydrogen-bond donors (Lipinski definition) is 1. The van der Waals surface area contributed by atoms with E-state index in [1.165, 1.54) is 24.0 Å². The van der Waals surface area contributed by atoms with E-state index in [1.807, 2.05) is 25.1 Å². The zero-order valence-corrected chi connectivity index (χ0v) is 17.6. The van der Waals surface area contributed by atoms with Crippen LogP contribution in [0, 0.1) is 0 Å². The number of benzene rings is 2. The van der Waals surface area contributed by atoms with Crippen molar-refractivity contribution < 1.29 is 14.1 Å². The lowest BCUT2D eigenvalue weighted by Gasteiger charge is -2.20. The number of carbonyl (C=O) groups is 1. The number of amides is 1. The molecule has 3 aromatic rings. The molecule has 0 bridgehead atoms. The van der Waals surface area contributed by atoms with Crippen LogP contribution < -0.4 is 10.1 Å². The van der Waals surface area contributed by atoms with Crippen LogP contribution in [0.15, 0.2) is 47.0 Å². The van der Waals surface area contributed by atoms with Gasteiger partial charge in [-0.05, 0) is 79.6 Å². The molecule has 7 heteroatoms. The van der Waals surface area contributed by atoms with E-state index in [1.54, 1.807) is 12.1 Å². The van der Waals surface area contributed by atoms with E-state index in [-0.39, 0.29) is 12.5 Å². The third-order valence-corrected chi connectivity index (χ3v) is 5.50. The highest BCUT2D eigenvalue weighted by Crippen LogP contribution is 2.26. The SMILES string of the molecule is CCC(Oc1ccc2c(c1)CCCC2)C(=O)NCc1nc(-c2ccc(Cl)cc2)no1. The quantitative estimate of drug-likeness (QED) is 0.591. The average molecular weight is 426 g/mol. The van der Waals surface area contributed by atoms with Crippen LogP contribution in [0.5, 0.6) is 5.75 Å². The van der Waals surface area contributed by atoms with Gasteiger partial charge in [-0.1, -0.05) is 29.7 Å². The molecule has 1 amide bonds. The van der Waals surface area contributed by atoms with E-state index in [9.17, 15) is 4.79 Å². The number of hydrogen-bond acceptors (Lipinski definition) is 5. The topological polar surface area (TPSA) is 77.2 Å². The summed E-state index contributed by atoms with van der Waals surface area (Å²) in [6, 6.07) is 13.3. The molecule has 156 valence electrons. The van der Waals surface area contributed by atoms with Gasteiger partial charge in [-0.15, -0.1) is 0 Å². The van der Waals surface area contributed by atoms with Crippen LogP contribution in [0.4, 0.5) is 0 Å². The average Bonchev–Trinajstić information content (AvgIpc) is 3.25. The molecule has 0 saturated heterocycles. The van der Waals surface area contributed by atoms with Crippen molar-refractivity contribution in [3.8, 4) is 17.1 Å². The summed E-state index contributed by atoms with van der Waals surface area (Å²) in [5, 5.41) is 7.42. The number of carbonyl (C=O) groups excluding carboxylic acids is 1. The maximum absolute atomic E-state index is 12.6. The Labute approximate surface area is 180 Å². The van der Waals surface area contributed by atoms with Crippen molar-refractivity contribution in [2.75, 3.05) is 0 Å². The second-order valence-electron chi connectivity index (χ2n) is 7.39. The van der Waals surface area contributed by atoms with Gasteiger partial charge in [-0.3, -0.25) is 4.79 Å². The van der Waals surface area contributed by atoms with Gasteiger partial charge in [-0.25, -0.2) is 0 Å². The fourth-order valence-electron chi connectivity index (χ4n) is 3.59. The Hall–Kier alpha value is -2.86. The van der Waals surface area contributed by atoms with Gasteiger partial charge >= 0.3 is 0 Å². The van der Waals surface area contributed by atoms with Crippen LogP contribution in [-0.2, 0) is 24.2 Å². The van der Waals surface area contributed by atoms with Crippen molar-refractivity contribution in [1.29, 1.82) is 0 Å². The molecule has 1 N–H and O–H groups in total. The highest BCUT2D eigenvalue weighted by atomic mass is 35.5. The molecule has 1 heterocycles. The largest absolute Gasteiger partial charge is 0.481 e. The van der Waals surface area contributed by atoms with Gasteiger partial charge in [0.2, 0.25) is 11.7 Å². The summed E-state index contributed by atoms with van der Waals surface area (Å²) in [7, 11) is 0. The zero-order valence-electron chi connectivity index (χ0n) is 16.9. The van der Waals surface area contributed by atoms with E-state index in [0.717, 1.165) is 24.2 Å². The van der Waals surface area contributed by atoms with Gasteiger partial charge in [0.25, 0.3) is 5.91 Å². The first-order valence-corrected chi connectivity index (χ1v) is 10.6. The lowest BCUT2D eigenvalue weighted by Crippen LogP contribution is -2.37. The monoisotopic (exact) mass is 425 g/mol. The van der Waals surface area contributed by atoms with Crippen molar-refractivity contribution in [3.05, 3.63) is 64.5 Å². The highest BCUT2D eigenvalue weighted by molar-refractivity contribution is 6.30. The second-order valence-corrected chi connectivity index (χ2v) is 7.83. The third-order valence-electron chi connectivity index (χ3n) is 5.25. The van der Waals surface area contributed by atoms with Crippen molar-refractivity contribution >= 4 is 17.5 Å². The molecule has 4 rings (SSSR count). The molecule has 0 radical (unpaired) electrons. The molecule has 1 unspecified atom stereocenters. The fourth-order valence-corrected chi connectivity index (χ4v) is 3.72. The summed E-state index contributed by atoms with van der Waals surface area (Å²) in [6.45, 7) is 2.07. The molecule has 0 fully saturated rings. The number of fused-ring (bicyclic) bond motifs is 1. The Balaban J connectivity index is 1.35. The van der Waals surface area contributed by atoms with Crippen LogP contribution >= 0.6 is 11.6 Å². The molecule has 0 saturated carbocycles. The summed E-state index contributed by atoms with van der Waals surface area (Å²) < 4.78 is 11.2. The molecule has 1 aliphatic rings. The summed E-state index contributed by atoms with van der Waals surface area (Å²) >= 11 is 5.90. The van der Waals surface area contributed by atoms with Gasteiger partial charge in [-0.2, -0.15) is 4.98 Å². The summed E-state index contributed by atoms with van der Waals surface area (Å²) in [4.78, 5) is 16.9. The van der Waals surface area contributed by atoms with Gasteiger partial charge in [0, 0.05) is 10.6 Å². The highest BCUT2D eigenvalue weighted by Gasteiger charge is 2.20. The van der Waals surface area contributed by atoms with E-state index in [0.29, 0.717) is 23.2 Å². The van der Waals surface area contributed by atoms with Crippen LogP contribution in [0.3, 0.4) is 0 Å². The smallest absolute Gasteiger partial charge is 0.261 e. The number of rotatable bonds is 7. The number of aryl methyl sites for hydroxylation is 2. The number of nitrogens with zero attached hydrogens (tertiary/aromatic N) is 2. The Kier molecular flexibility index (Phi) is 6.33. The second kappa shape index (κ2) is 9.30. The number of aromatic nitrogens is 2. The van der Waals surface area contributed by atoms with Crippen molar-refractivity contribution in [3.63, 3.8) is 0 Å². The first-order valence-electron chi connectivity index (χ1n) is 10.3. The van der Waals surface area contributed by atoms with Crippen LogP contribution in [0.25, 0.3) is 11.4 Å². The maximum atomic E-state index is 12.6. The van der Waals surface area contributed by atoms with Crippen molar-refractivity contribution in [2.24, 2.45) is 0 Å². The number of halogens is 1. The molecular weight excluding hydrogens is 402 g/mol. The maximum Gasteiger partial charge on any atom is 0.261 e. The molecule has 1 atom stereocenters. The van der Waals surface area contributed by atoms with E-state index in [2.05, 4.69) is 27.6 Å². The normalized spacial score (nSPS) is 14.1. The summed E-state index contributed by atoms with van der Waals surface area (Å²) in [5.74, 6) is 1.31. The molecular formula is C23H24ClN3O3. The lowest BCUT2D eigenvalue weighted by molar-refractivity contribution is -0.128.